The van der Waals surface area contributed by atoms with Crippen molar-refractivity contribution in [2.45, 2.75) is 13.1 Å². The third-order valence-electron chi connectivity index (χ3n) is 2.59. The van der Waals surface area contributed by atoms with E-state index in [2.05, 4.69) is 65.5 Å². The van der Waals surface area contributed by atoms with E-state index in [0.29, 0.717) is 6.54 Å². The quantitative estimate of drug-likeness (QED) is 0.340. The van der Waals surface area contributed by atoms with Crippen LogP contribution >= 0.6 is 24.0 Å². The topological polar surface area (TPSA) is 39.7 Å². The summed E-state index contributed by atoms with van der Waals surface area (Å²) in [6.07, 6.45) is 1.81. The van der Waals surface area contributed by atoms with Crippen LogP contribution in [0.2, 0.25) is 0 Å². The Kier molecular flexibility index (Phi) is 10.1. The van der Waals surface area contributed by atoms with Gasteiger partial charge in [0.25, 0.3) is 0 Å². The zero-order chi connectivity index (χ0) is 14.1. The lowest BCUT2D eigenvalue weighted by Crippen LogP contribution is -2.36. The van der Waals surface area contributed by atoms with E-state index in [9.17, 15) is 0 Å². The Morgan fingerprint density at radius 3 is 2.60 bits per heavy atom. The third-order valence-corrected chi connectivity index (χ3v) is 2.59. The van der Waals surface area contributed by atoms with Crippen LogP contribution in [0.5, 0.6) is 0 Å². The van der Waals surface area contributed by atoms with Crippen LogP contribution in [0.3, 0.4) is 0 Å². The number of guanidine groups is 1. The molecule has 0 aliphatic carbocycles. The maximum atomic E-state index is 4.15. The largest absolute Gasteiger partial charge is 0.353 e. The van der Waals surface area contributed by atoms with Crippen LogP contribution in [0.15, 0.2) is 41.9 Å². The molecule has 1 aromatic carbocycles. The molecule has 4 nitrogen and oxygen atoms in total. The van der Waals surface area contributed by atoms with Gasteiger partial charge in [-0.1, -0.05) is 30.3 Å². The van der Waals surface area contributed by atoms with Crippen molar-refractivity contribution in [1.82, 2.24) is 15.5 Å². The summed E-state index contributed by atoms with van der Waals surface area (Å²) in [4.78, 5) is 6.31. The molecule has 5 heteroatoms. The number of hydrogen-bond donors (Lipinski definition) is 2. The molecule has 0 saturated heterocycles. The zero-order valence-corrected chi connectivity index (χ0v) is 14.8. The fraction of sp³-hybridized carbons (Fsp3) is 0.400. The fourth-order valence-electron chi connectivity index (χ4n) is 1.78. The zero-order valence-electron chi connectivity index (χ0n) is 12.5. The van der Waals surface area contributed by atoms with Crippen LogP contribution in [0, 0.1) is 0 Å². The van der Waals surface area contributed by atoms with E-state index in [-0.39, 0.29) is 24.0 Å². The third kappa shape index (κ3) is 7.49. The van der Waals surface area contributed by atoms with Gasteiger partial charge in [0.2, 0.25) is 0 Å². The van der Waals surface area contributed by atoms with E-state index in [1.165, 1.54) is 11.1 Å². The molecule has 0 amide bonds. The molecule has 0 fully saturated rings. The summed E-state index contributed by atoms with van der Waals surface area (Å²) < 4.78 is 0. The van der Waals surface area contributed by atoms with Crippen LogP contribution in [0.4, 0.5) is 0 Å². The van der Waals surface area contributed by atoms with Crippen LogP contribution in [-0.2, 0) is 13.1 Å². The van der Waals surface area contributed by atoms with E-state index in [4.69, 9.17) is 0 Å². The predicted octanol–water partition coefficient (Wildman–Crippen LogP) is 2.22. The molecule has 0 aliphatic rings. The van der Waals surface area contributed by atoms with Gasteiger partial charge in [-0.3, -0.25) is 4.99 Å². The lowest BCUT2D eigenvalue weighted by Gasteiger charge is -2.13. The van der Waals surface area contributed by atoms with Crippen molar-refractivity contribution < 1.29 is 0 Å². The predicted molar refractivity (Wildman–Crippen MR) is 97.6 cm³/mol. The summed E-state index contributed by atoms with van der Waals surface area (Å²) in [5.74, 6) is 0.790. The van der Waals surface area contributed by atoms with Crippen molar-refractivity contribution in [2.24, 2.45) is 4.99 Å². The number of rotatable bonds is 6. The number of halogens is 1. The smallest absolute Gasteiger partial charge is 0.191 e. The molecule has 2 N–H and O–H groups in total. The Hall–Kier alpha value is -1.08. The van der Waals surface area contributed by atoms with Gasteiger partial charge in [-0.25, -0.2) is 0 Å². The molecule has 112 valence electrons. The Morgan fingerprint density at radius 1 is 1.30 bits per heavy atom. The summed E-state index contributed by atoms with van der Waals surface area (Å²) >= 11 is 0. The van der Waals surface area contributed by atoms with Crippen molar-refractivity contribution >= 4 is 29.9 Å². The molecular formula is C15H25IN4. The molecule has 0 aromatic heterocycles. The first-order valence-corrected chi connectivity index (χ1v) is 6.43. The summed E-state index contributed by atoms with van der Waals surface area (Å²) in [5, 5.41) is 6.43. The van der Waals surface area contributed by atoms with Crippen molar-refractivity contribution in [3.8, 4) is 0 Å². The first kappa shape index (κ1) is 18.9. The average molecular weight is 388 g/mol. The van der Waals surface area contributed by atoms with Crippen molar-refractivity contribution in [1.29, 1.82) is 0 Å². The Bertz CT molecular complexity index is 430. The molecule has 0 aliphatic heterocycles. The Morgan fingerprint density at radius 2 is 2.00 bits per heavy atom. The van der Waals surface area contributed by atoms with E-state index >= 15 is 0 Å². The maximum Gasteiger partial charge on any atom is 0.191 e. The van der Waals surface area contributed by atoms with E-state index in [1.54, 1.807) is 7.05 Å². The highest BCUT2D eigenvalue weighted by Gasteiger charge is 1.99. The highest BCUT2D eigenvalue weighted by molar-refractivity contribution is 14.0. The lowest BCUT2D eigenvalue weighted by molar-refractivity contribution is 0.402. The molecule has 1 rings (SSSR count). The van der Waals surface area contributed by atoms with Crippen molar-refractivity contribution in [3.05, 3.63) is 48.0 Å². The highest BCUT2D eigenvalue weighted by Crippen LogP contribution is 2.06. The second kappa shape index (κ2) is 10.7. The number of aliphatic imine (C=N–C) groups is 1. The van der Waals surface area contributed by atoms with Gasteiger partial charge in [-0.05, 0) is 25.2 Å². The van der Waals surface area contributed by atoms with Gasteiger partial charge in [-0.2, -0.15) is 0 Å². The maximum absolute atomic E-state index is 4.15. The SMILES string of the molecule is C=CCNC(=NC)NCc1cccc(CN(C)C)c1.I. The monoisotopic (exact) mass is 388 g/mol. The molecule has 0 saturated carbocycles. The highest BCUT2D eigenvalue weighted by atomic mass is 127. The molecule has 0 bridgehead atoms. The molecule has 0 radical (unpaired) electrons. The number of nitrogens with one attached hydrogen (secondary N) is 2. The molecule has 1 aromatic rings. The molecule has 0 atom stereocenters. The molecule has 0 spiro atoms. The minimum atomic E-state index is 0. The van der Waals surface area contributed by atoms with Crippen molar-refractivity contribution in [3.63, 3.8) is 0 Å². The minimum Gasteiger partial charge on any atom is -0.353 e. The van der Waals surface area contributed by atoms with Crippen molar-refractivity contribution in [2.75, 3.05) is 27.7 Å². The number of benzene rings is 1. The Labute approximate surface area is 139 Å². The standard InChI is InChI=1S/C15H24N4.HI/c1-5-9-17-15(16-2)18-11-13-7-6-8-14(10-13)12-19(3)4;/h5-8,10H,1,9,11-12H2,2-4H3,(H2,16,17,18);1H. The van der Waals surface area contributed by atoms with Gasteiger partial charge < -0.3 is 15.5 Å². The second-order valence-corrected chi connectivity index (χ2v) is 4.65. The normalized spacial score (nSPS) is 10.9. The molecular weight excluding hydrogens is 363 g/mol. The first-order chi connectivity index (χ1) is 9.15. The average Bonchev–Trinajstić information content (AvgIpc) is 2.38. The van der Waals surface area contributed by atoms with Gasteiger partial charge in [0, 0.05) is 26.7 Å². The van der Waals surface area contributed by atoms with E-state index in [1.807, 2.05) is 6.08 Å². The number of hydrogen-bond acceptors (Lipinski definition) is 2. The second-order valence-electron chi connectivity index (χ2n) is 4.65. The van der Waals surface area contributed by atoms with Gasteiger partial charge in [0.05, 0.1) is 0 Å². The summed E-state index contributed by atoms with van der Waals surface area (Å²) in [6.45, 7) is 6.10. The van der Waals surface area contributed by atoms with Crippen LogP contribution < -0.4 is 10.6 Å². The van der Waals surface area contributed by atoms with Crippen LogP contribution in [0.1, 0.15) is 11.1 Å². The lowest BCUT2D eigenvalue weighted by atomic mass is 10.1. The molecule has 0 heterocycles. The summed E-state index contributed by atoms with van der Waals surface area (Å²) in [7, 11) is 5.92. The van der Waals surface area contributed by atoms with Gasteiger partial charge in [0.15, 0.2) is 5.96 Å². The summed E-state index contributed by atoms with van der Waals surface area (Å²) in [6, 6.07) is 8.57. The van der Waals surface area contributed by atoms with Crippen LogP contribution in [-0.4, -0.2) is 38.5 Å². The van der Waals surface area contributed by atoms with Gasteiger partial charge in [-0.15, -0.1) is 30.6 Å². The fourth-order valence-corrected chi connectivity index (χ4v) is 1.78. The Balaban J connectivity index is 0.00000361. The minimum absolute atomic E-state index is 0. The number of nitrogens with zero attached hydrogens (tertiary/aromatic N) is 2. The molecule has 20 heavy (non-hydrogen) atoms. The van der Waals surface area contributed by atoms with Crippen LogP contribution in [0.25, 0.3) is 0 Å². The van der Waals surface area contributed by atoms with E-state index in [0.717, 1.165) is 19.0 Å². The van der Waals surface area contributed by atoms with E-state index < -0.39 is 0 Å². The van der Waals surface area contributed by atoms with Gasteiger partial charge >= 0.3 is 0 Å². The summed E-state index contributed by atoms with van der Waals surface area (Å²) in [5.41, 5.74) is 2.57. The molecule has 0 unspecified atom stereocenters. The van der Waals surface area contributed by atoms with Gasteiger partial charge in [0.1, 0.15) is 0 Å². The first-order valence-electron chi connectivity index (χ1n) is 6.43.